The van der Waals surface area contributed by atoms with Crippen LogP contribution < -0.4 is 0 Å². The molecular formula is C14H20ClN3O2. The van der Waals surface area contributed by atoms with Crippen LogP contribution >= 0.6 is 11.6 Å². The molecule has 0 aliphatic carbocycles. The summed E-state index contributed by atoms with van der Waals surface area (Å²) in [4.78, 5) is 22.7. The predicted molar refractivity (Wildman–Crippen MR) is 77.0 cm³/mol. The molecule has 1 aromatic heterocycles. The summed E-state index contributed by atoms with van der Waals surface area (Å²) in [5.74, 6) is 0.599. The molecule has 0 aromatic carbocycles. The Balaban J connectivity index is 2.26. The second-order valence-electron chi connectivity index (χ2n) is 5.43. The maximum Gasteiger partial charge on any atom is 0.274 e. The number of amides is 1. The molecule has 1 fully saturated rings. The van der Waals surface area contributed by atoms with Gasteiger partial charge in [-0.05, 0) is 13.3 Å². The maximum absolute atomic E-state index is 12.6. The third kappa shape index (κ3) is 2.94. The minimum atomic E-state index is -0.179. The molecule has 2 atom stereocenters. The summed E-state index contributed by atoms with van der Waals surface area (Å²) in [6, 6.07) is 0.0658. The highest BCUT2D eigenvalue weighted by molar-refractivity contribution is 6.33. The van der Waals surface area contributed by atoms with E-state index in [2.05, 4.69) is 9.97 Å². The molecule has 0 saturated carbocycles. The first-order chi connectivity index (χ1) is 9.41. The molecule has 2 heterocycles. The fourth-order valence-electron chi connectivity index (χ4n) is 2.36. The smallest absolute Gasteiger partial charge is 0.274 e. The van der Waals surface area contributed by atoms with Gasteiger partial charge in [-0.25, -0.2) is 9.97 Å². The second-order valence-corrected chi connectivity index (χ2v) is 5.83. The highest BCUT2D eigenvalue weighted by Gasteiger charge is 2.32. The molecule has 1 aromatic rings. The average Bonchev–Trinajstić information content (AvgIpc) is 2.83. The number of aromatic nitrogens is 2. The van der Waals surface area contributed by atoms with Crippen LogP contribution in [-0.2, 0) is 4.74 Å². The third-order valence-electron chi connectivity index (χ3n) is 3.64. The van der Waals surface area contributed by atoms with E-state index in [4.69, 9.17) is 16.3 Å². The van der Waals surface area contributed by atoms with Crippen molar-refractivity contribution in [2.45, 2.75) is 45.3 Å². The van der Waals surface area contributed by atoms with Crippen molar-refractivity contribution in [1.29, 1.82) is 0 Å². The van der Waals surface area contributed by atoms with Gasteiger partial charge in [0.1, 0.15) is 5.82 Å². The molecule has 1 aliphatic heterocycles. The SMILES string of the molecule is CC(C)c1ncc(Cl)c(C(=O)N(C)C2CCOC2C)n1. The van der Waals surface area contributed by atoms with Crippen LogP contribution in [0, 0.1) is 0 Å². The van der Waals surface area contributed by atoms with Crippen molar-refractivity contribution in [3.05, 3.63) is 22.7 Å². The van der Waals surface area contributed by atoms with Crippen LogP contribution in [0.5, 0.6) is 0 Å². The van der Waals surface area contributed by atoms with Gasteiger partial charge >= 0.3 is 0 Å². The molecule has 110 valence electrons. The van der Waals surface area contributed by atoms with E-state index in [9.17, 15) is 4.79 Å². The normalized spacial score (nSPS) is 22.3. The van der Waals surface area contributed by atoms with E-state index < -0.39 is 0 Å². The minimum Gasteiger partial charge on any atom is -0.376 e. The van der Waals surface area contributed by atoms with Gasteiger partial charge < -0.3 is 9.64 Å². The van der Waals surface area contributed by atoms with E-state index in [1.807, 2.05) is 20.8 Å². The van der Waals surface area contributed by atoms with Crippen LogP contribution in [0.2, 0.25) is 5.02 Å². The molecule has 0 N–H and O–H groups in total. The lowest BCUT2D eigenvalue weighted by molar-refractivity contribution is 0.0569. The molecule has 20 heavy (non-hydrogen) atoms. The number of carbonyl (C=O) groups excluding carboxylic acids is 1. The van der Waals surface area contributed by atoms with E-state index >= 15 is 0 Å². The van der Waals surface area contributed by atoms with Crippen LogP contribution in [0.4, 0.5) is 0 Å². The first kappa shape index (κ1) is 15.2. The summed E-state index contributed by atoms with van der Waals surface area (Å²) in [6.07, 6.45) is 2.37. The summed E-state index contributed by atoms with van der Waals surface area (Å²) in [7, 11) is 1.77. The van der Waals surface area contributed by atoms with Crippen molar-refractivity contribution in [2.75, 3.05) is 13.7 Å². The van der Waals surface area contributed by atoms with E-state index in [1.165, 1.54) is 6.20 Å². The van der Waals surface area contributed by atoms with Gasteiger partial charge in [0, 0.05) is 19.6 Å². The molecule has 0 radical (unpaired) electrons. The monoisotopic (exact) mass is 297 g/mol. The van der Waals surface area contributed by atoms with E-state index in [0.717, 1.165) is 6.42 Å². The van der Waals surface area contributed by atoms with Gasteiger partial charge in [-0.15, -0.1) is 0 Å². The number of rotatable bonds is 3. The Morgan fingerprint density at radius 3 is 2.80 bits per heavy atom. The van der Waals surface area contributed by atoms with Gasteiger partial charge in [0.05, 0.1) is 23.4 Å². The Kier molecular flexibility index (Phi) is 4.60. The number of likely N-dealkylation sites (N-methyl/N-ethyl adjacent to an activating group) is 1. The minimum absolute atomic E-state index is 0.0362. The first-order valence-corrected chi connectivity index (χ1v) is 7.20. The standard InChI is InChI=1S/C14H20ClN3O2/c1-8(2)13-16-7-10(15)12(17-13)14(19)18(4)11-5-6-20-9(11)3/h7-9,11H,5-6H2,1-4H3. The number of halogens is 1. The summed E-state index contributed by atoms with van der Waals surface area (Å²) in [5.41, 5.74) is 0.270. The van der Waals surface area contributed by atoms with Crippen molar-refractivity contribution in [1.82, 2.24) is 14.9 Å². The second kappa shape index (κ2) is 6.06. The Morgan fingerprint density at radius 1 is 1.55 bits per heavy atom. The van der Waals surface area contributed by atoms with Crippen molar-refractivity contribution < 1.29 is 9.53 Å². The summed E-state index contributed by atoms with van der Waals surface area (Å²) in [5, 5.41) is 0.290. The third-order valence-corrected chi connectivity index (χ3v) is 3.91. The lowest BCUT2D eigenvalue weighted by atomic mass is 10.1. The van der Waals surface area contributed by atoms with Crippen LogP contribution in [-0.4, -0.2) is 46.6 Å². The van der Waals surface area contributed by atoms with E-state index in [0.29, 0.717) is 12.4 Å². The van der Waals surface area contributed by atoms with E-state index in [1.54, 1.807) is 11.9 Å². The Labute approximate surface area is 124 Å². The van der Waals surface area contributed by atoms with Gasteiger partial charge in [-0.3, -0.25) is 4.79 Å². The van der Waals surface area contributed by atoms with Gasteiger partial charge in [-0.1, -0.05) is 25.4 Å². The fraction of sp³-hybridized carbons (Fsp3) is 0.643. The van der Waals surface area contributed by atoms with Gasteiger partial charge in [-0.2, -0.15) is 0 Å². The van der Waals surface area contributed by atoms with Crippen molar-refractivity contribution in [3.63, 3.8) is 0 Å². The van der Waals surface area contributed by atoms with Gasteiger partial charge in [0.25, 0.3) is 5.91 Å². The topological polar surface area (TPSA) is 55.3 Å². The lowest BCUT2D eigenvalue weighted by Crippen LogP contribution is -2.41. The number of carbonyl (C=O) groups is 1. The van der Waals surface area contributed by atoms with Crippen LogP contribution in [0.1, 0.15) is 49.4 Å². The largest absolute Gasteiger partial charge is 0.376 e. The molecule has 6 heteroatoms. The zero-order chi connectivity index (χ0) is 14.9. The lowest BCUT2D eigenvalue weighted by Gasteiger charge is -2.26. The number of hydrogen-bond donors (Lipinski definition) is 0. The summed E-state index contributed by atoms with van der Waals surface area (Å²) < 4.78 is 5.51. The van der Waals surface area contributed by atoms with Crippen molar-refractivity contribution >= 4 is 17.5 Å². The van der Waals surface area contributed by atoms with Crippen LogP contribution in [0.3, 0.4) is 0 Å². The van der Waals surface area contributed by atoms with Crippen LogP contribution in [0.15, 0.2) is 6.20 Å². The Morgan fingerprint density at radius 2 is 2.25 bits per heavy atom. The van der Waals surface area contributed by atoms with Crippen molar-refractivity contribution in [3.8, 4) is 0 Å². The molecular weight excluding hydrogens is 278 g/mol. The zero-order valence-corrected chi connectivity index (χ0v) is 13.0. The fourth-order valence-corrected chi connectivity index (χ4v) is 2.53. The van der Waals surface area contributed by atoms with Crippen molar-refractivity contribution in [2.24, 2.45) is 0 Å². The average molecular weight is 298 g/mol. The molecule has 0 bridgehead atoms. The summed E-state index contributed by atoms with van der Waals surface area (Å²) in [6.45, 7) is 6.61. The Bertz CT molecular complexity index is 507. The van der Waals surface area contributed by atoms with Crippen LogP contribution in [0.25, 0.3) is 0 Å². The molecule has 2 rings (SSSR count). The predicted octanol–water partition coefficient (Wildman–Crippen LogP) is 2.50. The summed E-state index contributed by atoms with van der Waals surface area (Å²) >= 11 is 6.08. The highest BCUT2D eigenvalue weighted by Crippen LogP contribution is 2.23. The molecule has 0 spiro atoms. The molecule has 1 aliphatic rings. The molecule has 1 saturated heterocycles. The van der Waals surface area contributed by atoms with Gasteiger partial charge in [0.15, 0.2) is 5.69 Å². The number of hydrogen-bond acceptors (Lipinski definition) is 4. The molecule has 1 amide bonds. The zero-order valence-electron chi connectivity index (χ0n) is 12.3. The molecule has 2 unspecified atom stereocenters. The number of nitrogens with zero attached hydrogens (tertiary/aromatic N) is 3. The van der Waals surface area contributed by atoms with Gasteiger partial charge in [0.2, 0.25) is 0 Å². The van der Waals surface area contributed by atoms with E-state index in [-0.39, 0.29) is 34.7 Å². The Hall–Kier alpha value is -1.20. The molecule has 5 nitrogen and oxygen atoms in total. The number of ether oxygens (including phenoxy) is 1. The maximum atomic E-state index is 12.6. The highest BCUT2D eigenvalue weighted by atomic mass is 35.5. The first-order valence-electron chi connectivity index (χ1n) is 6.83. The quantitative estimate of drug-likeness (QED) is 0.860.